The van der Waals surface area contributed by atoms with Crippen molar-refractivity contribution in [2.24, 2.45) is 5.73 Å². The number of aromatic nitrogens is 1. The maximum Gasteiger partial charge on any atom is 0.0900 e. The highest BCUT2D eigenvalue weighted by Gasteiger charge is 2.11. The van der Waals surface area contributed by atoms with Crippen LogP contribution in [0.3, 0.4) is 0 Å². The number of thiazole rings is 1. The summed E-state index contributed by atoms with van der Waals surface area (Å²) >= 11 is 1.78. The second kappa shape index (κ2) is 5.44. The fourth-order valence-electron chi connectivity index (χ4n) is 1.46. The molecule has 0 saturated carbocycles. The Bertz CT molecular complexity index is 283. The van der Waals surface area contributed by atoms with E-state index < -0.39 is 0 Å². The summed E-state index contributed by atoms with van der Waals surface area (Å²) in [6, 6.07) is 0.396. The molecule has 0 aromatic carbocycles. The third kappa shape index (κ3) is 3.04. The number of nitrogens with zero attached hydrogens (tertiary/aromatic N) is 1. The van der Waals surface area contributed by atoms with E-state index in [1.165, 1.54) is 4.88 Å². The number of nitrogens with one attached hydrogen (secondary N) is 1. The van der Waals surface area contributed by atoms with Gasteiger partial charge in [0.15, 0.2) is 0 Å². The van der Waals surface area contributed by atoms with Crippen LogP contribution in [0.2, 0.25) is 0 Å². The molecule has 1 rings (SSSR count). The minimum atomic E-state index is 0.396. The zero-order chi connectivity index (χ0) is 10.6. The third-order valence-electron chi connectivity index (χ3n) is 2.16. The molecule has 0 saturated heterocycles. The normalized spacial score (nSPS) is 13.1. The van der Waals surface area contributed by atoms with E-state index in [9.17, 15) is 0 Å². The monoisotopic (exact) mass is 213 g/mol. The Morgan fingerprint density at radius 3 is 2.71 bits per heavy atom. The van der Waals surface area contributed by atoms with Crippen molar-refractivity contribution < 1.29 is 0 Å². The molecular weight excluding hydrogens is 194 g/mol. The molecule has 0 bridgehead atoms. The second-order valence-corrected chi connectivity index (χ2v) is 4.74. The van der Waals surface area contributed by atoms with Gasteiger partial charge in [-0.1, -0.05) is 0 Å². The van der Waals surface area contributed by atoms with Crippen LogP contribution in [0.15, 0.2) is 0 Å². The standard InChI is InChI=1S/C10H19N3S/c1-7(12-6-4-5-11)10-8(2)13-9(3)14-10/h7,12H,4-6,11H2,1-3H3. The average molecular weight is 213 g/mol. The van der Waals surface area contributed by atoms with Gasteiger partial charge in [-0.2, -0.15) is 0 Å². The summed E-state index contributed by atoms with van der Waals surface area (Å²) in [5, 5.41) is 4.59. The van der Waals surface area contributed by atoms with E-state index in [2.05, 4.69) is 24.1 Å². The summed E-state index contributed by atoms with van der Waals surface area (Å²) in [5.41, 5.74) is 6.59. The summed E-state index contributed by atoms with van der Waals surface area (Å²) in [4.78, 5) is 5.76. The molecule has 0 spiro atoms. The van der Waals surface area contributed by atoms with E-state index in [1.54, 1.807) is 11.3 Å². The van der Waals surface area contributed by atoms with Gasteiger partial charge in [-0.05, 0) is 40.3 Å². The first-order valence-corrected chi connectivity index (χ1v) is 5.84. The Morgan fingerprint density at radius 1 is 1.50 bits per heavy atom. The third-order valence-corrected chi connectivity index (χ3v) is 3.42. The average Bonchev–Trinajstić information content (AvgIpc) is 2.45. The van der Waals surface area contributed by atoms with Gasteiger partial charge in [-0.25, -0.2) is 4.98 Å². The topological polar surface area (TPSA) is 50.9 Å². The van der Waals surface area contributed by atoms with Crippen LogP contribution in [0.4, 0.5) is 0 Å². The number of aryl methyl sites for hydroxylation is 2. The van der Waals surface area contributed by atoms with Crippen LogP contribution in [-0.4, -0.2) is 18.1 Å². The molecule has 0 fully saturated rings. The van der Waals surface area contributed by atoms with Gasteiger partial charge >= 0.3 is 0 Å². The van der Waals surface area contributed by atoms with E-state index in [4.69, 9.17) is 5.73 Å². The number of rotatable bonds is 5. The molecule has 1 aromatic heterocycles. The number of hydrogen-bond acceptors (Lipinski definition) is 4. The lowest BCUT2D eigenvalue weighted by Gasteiger charge is -2.11. The molecule has 80 valence electrons. The Kier molecular flexibility index (Phi) is 4.51. The van der Waals surface area contributed by atoms with Crippen LogP contribution in [0.1, 0.15) is 35.0 Å². The first-order valence-electron chi connectivity index (χ1n) is 5.02. The molecule has 4 heteroatoms. The summed E-state index contributed by atoms with van der Waals surface area (Å²) in [6.45, 7) is 8.03. The van der Waals surface area contributed by atoms with Crippen molar-refractivity contribution in [3.8, 4) is 0 Å². The molecule has 3 N–H and O–H groups in total. The molecule has 3 nitrogen and oxygen atoms in total. The zero-order valence-corrected chi connectivity index (χ0v) is 9.95. The van der Waals surface area contributed by atoms with Gasteiger partial charge in [0.1, 0.15) is 0 Å². The molecule has 0 radical (unpaired) electrons. The molecule has 1 aromatic rings. The van der Waals surface area contributed by atoms with Crippen LogP contribution < -0.4 is 11.1 Å². The summed E-state index contributed by atoms with van der Waals surface area (Å²) < 4.78 is 0. The molecule has 0 aliphatic heterocycles. The minimum absolute atomic E-state index is 0.396. The summed E-state index contributed by atoms with van der Waals surface area (Å²) in [7, 11) is 0. The minimum Gasteiger partial charge on any atom is -0.330 e. The van der Waals surface area contributed by atoms with Gasteiger partial charge < -0.3 is 11.1 Å². The van der Waals surface area contributed by atoms with Crippen LogP contribution in [0, 0.1) is 13.8 Å². The van der Waals surface area contributed by atoms with Gasteiger partial charge in [0.05, 0.1) is 10.7 Å². The highest BCUT2D eigenvalue weighted by Crippen LogP contribution is 2.24. The van der Waals surface area contributed by atoms with Gasteiger partial charge in [0, 0.05) is 10.9 Å². The fraction of sp³-hybridized carbons (Fsp3) is 0.700. The quantitative estimate of drug-likeness (QED) is 0.733. The lowest BCUT2D eigenvalue weighted by molar-refractivity contribution is 0.566. The van der Waals surface area contributed by atoms with Crippen LogP contribution in [-0.2, 0) is 0 Å². The van der Waals surface area contributed by atoms with E-state index in [0.717, 1.165) is 30.2 Å². The molecule has 0 aliphatic carbocycles. The Morgan fingerprint density at radius 2 is 2.21 bits per heavy atom. The van der Waals surface area contributed by atoms with Crippen molar-refractivity contribution in [1.82, 2.24) is 10.3 Å². The van der Waals surface area contributed by atoms with E-state index >= 15 is 0 Å². The molecule has 1 heterocycles. The lowest BCUT2D eigenvalue weighted by atomic mass is 10.2. The lowest BCUT2D eigenvalue weighted by Crippen LogP contribution is -2.21. The molecule has 0 aliphatic rings. The smallest absolute Gasteiger partial charge is 0.0900 e. The zero-order valence-electron chi connectivity index (χ0n) is 9.13. The largest absolute Gasteiger partial charge is 0.330 e. The SMILES string of the molecule is Cc1nc(C)c(C(C)NCCCN)s1. The highest BCUT2D eigenvalue weighted by atomic mass is 32.1. The van der Waals surface area contributed by atoms with Gasteiger partial charge in [-0.3, -0.25) is 0 Å². The Labute approximate surface area is 89.7 Å². The molecule has 14 heavy (non-hydrogen) atoms. The van der Waals surface area contributed by atoms with Crippen molar-refractivity contribution >= 4 is 11.3 Å². The van der Waals surface area contributed by atoms with Gasteiger partial charge in [-0.15, -0.1) is 11.3 Å². The Hall–Kier alpha value is -0.450. The second-order valence-electron chi connectivity index (χ2n) is 3.50. The van der Waals surface area contributed by atoms with E-state index in [0.29, 0.717) is 6.04 Å². The van der Waals surface area contributed by atoms with Crippen LogP contribution in [0.5, 0.6) is 0 Å². The predicted octanol–water partition coefficient (Wildman–Crippen LogP) is 1.76. The maximum absolute atomic E-state index is 5.44. The molecule has 1 atom stereocenters. The van der Waals surface area contributed by atoms with Crippen molar-refractivity contribution in [3.63, 3.8) is 0 Å². The molecule has 0 amide bonds. The Balaban J connectivity index is 2.51. The molecular formula is C10H19N3S. The van der Waals surface area contributed by atoms with E-state index in [1.807, 2.05) is 6.92 Å². The molecule has 1 unspecified atom stereocenters. The summed E-state index contributed by atoms with van der Waals surface area (Å²) in [5.74, 6) is 0. The predicted molar refractivity (Wildman–Crippen MR) is 61.7 cm³/mol. The maximum atomic E-state index is 5.44. The first-order chi connectivity index (χ1) is 6.65. The van der Waals surface area contributed by atoms with Crippen molar-refractivity contribution in [2.75, 3.05) is 13.1 Å². The van der Waals surface area contributed by atoms with Gasteiger partial charge in [0.25, 0.3) is 0 Å². The van der Waals surface area contributed by atoms with Crippen molar-refractivity contribution in [3.05, 3.63) is 15.6 Å². The van der Waals surface area contributed by atoms with Gasteiger partial charge in [0.2, 0.25) is 0 Å². The summed E-state index contributed by atoms with van der Waals surface area (Å²) in [6.07, 6.45) is 1.03. The van der Waals surface area contributed by atoms with E-state index in [-0.39, 0.29) is 0 Å². The van der Waals surface area contributed by atoms with Crippen molar-refractivity contribution in [1.29, 1.82) is 0 Å². The van der Waals surface area contributed by atoms with Crippen molar-refractivity contribution in [2.45, 2.75) is 33.2 Å². The highest BCUT2D eigenvalue weighted by molar-refractivity contribution is 7.11. The first kappa shape index (κ1) is 11.6. The van der Waals surface area contributed by atoms with Crippen LogP contribution in [0.25, 0.3) is 0 Å². The van der Waals surface area contributed by atoms with Crippen LogP contribution >= 0.6 is 11.3 Å². The number of nitrogens with two attached hydrogens (primary N) is 1. The fourth-order valence-corrected chi connectivity index (χ4v) is 2.42. The number of hydrogen-bond donors (Lipinski definition) is 2.